The average molecular weight is 461 g/mol. The molecule has 1 aliphatic carbocycles. The van der Waals surface area contributed by atoms with E-state index < -0.39 is 5.54 Å². The lowest BCUT2D eigenvalue weighted by Crippen LogP contribution is -2.51. The van der Waals surface area contributed by atoms with Crippen molar-refractivity contribution in [2.75, 3.05) is 24.7 Å². The fraction of sp³-hybridized carbons (Fsp3) is 0.414. The summed E-state index contributed by atoms with van der Waals surface area (Å²) in [5, 5.41) is 24.2. The Morgan fingerprint density at radius 1 is 1.00 bits per heavy atom. The molecule has 0 aliphatic heterocycles. The number of benzene rings is 3. The number of nitrogens with zero attached hydrogens (tertiary/aromatic N) is 1. The predicted molar refractivity (Wildman–Crippen MR) is 138 cm³/mol. The predicted octanol–water partition coefficient (Wildman–Crippen LogP) is 4.87. The summed E-state index contributed by atoms with van der Waals surface area (Å²) in [5.41, 5.74) is 2.09. The van der Waals surface area contributed by atoms with Gasteiger partial charge in [-0.3, -0.25) is 4.79 Å². The molecule has 0 bridgehead atoms. The lowest BCUT2D eigenvalue weighted by molar-refractivity contribution is 0.0724. The van der Waals surface area contributed by atoms with Gasteiger partial charge in [0.05, 0.1) is 18.8 Å². The Labute approximate surface area is 202 Å². The molecule has 2 atom stereocenters. The summed E-state index contributed by atoms with van der Waals surface area (Å²) >= 11 is 0. The molecule has 3 aromatic rings. The number of anilines is 1. The molecule has 0 heterocycles. The van der Waals surface area contributed by atoms with Crippen molar-refractivity contribution in [1.29, 1.82) is 0 Å². The SMILES string of the molecule is CCN(c1cccc2ccccc12)C1CCCC(c2ccc(C(=O)NC(C)(CO)CO)cc2)C1. The number of nitrogens with one attached hydrogen (secondary N) is 1. The van der Waals surface area contributed by atoms with Crippen molar-refractivity contribution >= 4 is 22.4 Å². The first kappa shape index (κ1) is 24.2. The van der Waals surface area contributed by atoms with Crippen LogP contribution in [0, 0.1) is 0 Å². The van der Waals surface area contributed by atoms with Crippen LogP contribution in [0.2, 0.25) is 0 Å². The van der Waals surface area contributed by atoms with Gasteiger partial charge in [0.25, 0.3) is 5.91 Å². The molecule has 1 aliphatic rings. The Morgan fingerprint density at radius 2 is 1.71 bits per heavy atom. The third-order valence-corrected chi connectivity index (χ3v) is 7.26. The monoisotopic (exact) mass is 460 g/mol. The summed E-state index contributed by atoms with van der Waals surface area (Å²) in [6, 6.07) is 23.5. The molecule has 180 valence electrons. The highest BCUT2D eigenvalue weighted by atomic mass is 16.3. The molecule has 3 N–H and O–H groups in total. The highest BCUT2D eigenvalue weighted by Gasteiger charge is 2.29. The van der Waals surface area contributed by atoms with E-state index in [4.69, 9.17) is 0 Å². The zero-order chi connectivity index (χ0) is 24.1. The molecule has 5 nitrogen and oxygen atoms in total. The molecule has 5 heteroatoms. The van der Waals surface area contributed by atoms with Crippen LogP contribution in [0.15, 0.2) is 66.7 Å². The molecule has 3 aromatic carbocycles. The third kappa shape index (κ3) is 5.11. The van der Waals surface area contributed by atoms with E-state index in [0.717, 1.165) is 19.4 Å². The molecule has 34 heavy (non-hydrogen) atoms. The normalized spacial score (nSPS) is 18.6. The molecule has 0 saturated heterocycles. The second-order valence-corrected chi connectivity index (χ2v) is 9.75. The Bertz CT molecular complexity index is 1100. The maximum atomic E-state index is 12.6. The van der Waals surface area contributed by atoms with Crippen LogP contribution in [-0.4, -0.2) is 47.5 Å². The fourth-order valence-corrected chi connectivity index (χ4v) is 5.22. The standard InChI is InChI=1S/C29H36N2O3/c1-3-31(27-13-7-9-22-8-4-5-12-26(22)27)25-11-6-10-24(18-25)21-14-16-23(17-15-21)28(34)30-29(2,19-32)20-33/h4-5,7-9,12-17,24-25,32-33H,3,6,10-11,18-20H2,1-2H3,(H,30,34). The summed E-state index contributed by atoms with van der Waals surface area (Å²) in [6.45, 7) is 4.20. The van der Waals surface area contributed by atoms with Gasteiger partial charge in [-0.15, -0.1) is 0 Å². The van der Waals surface area contributed by atoms with Crippen LogP contribution < -0.4 is 10.2 Å². The first-order valence-corrected chi connectivity index (χ1v) is 12.4. The number of hydrogen-bond donors (Lipinski definition) is 3. The van der Waals surface area contributed by atoms with Gasteiger partial charge in [-0.25, -0.2) is 0 Å². The zero-order valence-electron chi connectivity index (χ0n) is 20.2. The van der Waals surface area contributed by atoms with Crippen molar-refractivity contribution in [3.05, 3.63) is 77.9 Å². The third-order valence-electron chi connectivity index (χ3n) is 7.26. The second kappa shape index (κ2) is 10.6. The van der Waals surface area contributed by atoms with Crippen LogP contribution in [0.3, 0.4) is 0 Å². The van der Waals surface area contributed by atoms with Crippen LogP contribution >= 0.6 is 0 Å². The summed E-state index contributed by atoms with van der Waals surface area (Å²) in [5.74, 6) is 0.173. The molecule has 0 radical (unpaired) electrons. The molecule has 2 unspecified atom stereocenters. The van der Waals surface area contributed by atoms with Gasteiger partial charge in [0, 0.05) is 29.2 Å². The minimum atomic E-state index is -1.03. The highest BCUT2D eigenvalue weighted by molar-refractivity contribution is 5.95. The van der Waals surface area contributed by atoms with Crippen molar-refractivity contribution in [2.45, 2.75) is 57.0 Å². The van der Waals surface area contributed by atoms with Crippen LogP contribution in [0.1, 0.15) is 61.4 Å². The molecule has 1 saturated carbocycles. The number of carbonyl (C=O) groups excluding carboxylic acids is 1. The highest BCUT2D eigenvalue weighted by Crippen LogP contribution is 2.38. The van der Waals surface area contributed by atoms with Crippen molar-refractivity contribution in [2.24, 2.45) is 0 Å². The zero-order valence-corrected chi connectivity index (χ0v) is 20.2. The first-order chi connectivity index (χ1) is 16.5. The topological polar surface area (TPSA) is 72.8 Å². The minimum Gasteiger partial charge on any atom is -0.394 e. The number of carbonyl (C=O) groups is 1. The van der Waals surface area contributed by atoms with Crippen molar-refractivity contribution in [3.8, 4) is 0 Å². The maximum absolute atomic E-state index is 12.6. The van der Waals surface area contributed by atoms with E-state index in [2.05, 4.69) is 71.7 Å². The van der Waals surface area contributed by atoms with Crippen LogP contribution in [-0.2, 0) is 0 Å². The maximum Gasteiger partial charge on any atom is 0.251 e. The van der Waals surface area contributed by atoms with E-state index in [0.29, 0.717) is 17.5 Å². The first-order valence-electron chi connectivity index (χ1n) is 12.4. The quantitative estimate of drug-likeness (QED) is 0.449. The molecule has 4 rings (SSSR count). The van der Waals surface area contributed by atoms with Gasteiger partial charge in [-0.2, -0.15) is 0 Å². The lowest BCUT2D eigenvalue weighted by atomic mass is 9.80. The average Bonchev–Trinajstić information content (AvgIpc) is 2.89. The summed E-state index contributed by atoms with van der Waals surface area (Å²) in [4.78, 5) is 15.1. The van der Waals surface area contributed by atoms with E-state index >= 15 is 0 Å². The summed E-state index contributed by atoms with van der Waals surface area (Å²) in [6.07, 6.45) is 4.62. The number of aliphatic hydroxyl groups excluding tert-OH is 2. The molecule has 1 fully saturated rings. The van der Waals surface area contributed by atoms with E-state index in [1.165, 1.54) is 34.9 Å². The number of rotatable bonds is 8. The van der Waals surface area contributed by atoms with Gasteiger partial charge in [0.1, 0.15) is 0 Å². The van der Waals surface area contributed by atoms with Crippen LogP contribution in [0.5, 0.6) is 0 Å². The Morgan fingerprint density at radius 3 is 2.41 bits per heavy atom. The van der Waals surface area contributed by atoms with E-state index in [1.54, 1.807) is 6.92 Å². The second-order valence-electron chi connectivity index (χ2n) is 9.75. The minimum absolute atomic E-state index is 0.285. The van der Waals surface area contributed by atoms with Gasteiger partial charge in [-0.05, 0) is 68.2 Å². The van der Waals surface area contributed by atoms with Gasteiger partial charge >= 0.3 is 0 Å². The number of fused-ring (bicyclic) bond motifs is 1. The van der Waals surface area contributed by atoms with Gasteiger partial charge in [-0.1, -0.05) is 55.0 Å². The van der Waals surface area contributed by atoms with Gasteiger partial charge < -0.3 is 20.4 Å². The number of hydrogen-bond acceptors (Lipinski definition) is 4. The van der Waals surface area contributed by atoms with Crippen molar-refractivity contribution in [3.63, 3.8) is 0 Å². The molecular formula is C29H36N2O3. The van der Waals surface area contributed by atoms with Crippen molar-refractivity contribution < 1.29 is 15.0 Å². The smallest absolute Gasteiger partial charge is 0.251 e. The molecule has 0 spiro atoms. The lowest BCUT2D eigenvalue weighted by Gasteiger charge is -2.39. The van der Waals surface area contributed by atoms with Gasteiger partial charge in [0.2, 0.25) is 0 Å². The molecule has 1 amide bonds. The largest absolute Gasteiger partial charge is 0.394 e. The van der Waals surface area contributed by atoms with Crippen LogP contribution in [0.4, 0.5) is 5.69 Å². The summed E-state index contributed by atoms with van der Waals surface area (Å²) in [7, 11) is 0. The Kier molecular flexibility index (Phi) is 7.54. The van der Waals surface area contributed by atoms with E-state index in [-0.39, 0.29) is 19.1 Å². The van der Waals surface area contributed by atoms with E-state index in [1.807, 2.05) is 12.1 Å². The Balaban J connectivity index is 1.49. The fourth-order valence-electron chi connectivity index (χ4n) is 5.22. The van der Waals surface area contributed by atoms with E-state index in [9.17, 15) is 15.0 Å². The molecular weight excluding hydrogens is 424 g/mol. The summed E-state index contributed by atoms with van der Waals surface area (Å²) < 4.78 is 0. The Hall–Kier alpha value is -2.89. The number of aliphatic hydroxyl groups is 2. The van der Waals surface area contributed by atoms with Crippen molar-refractivity contribution in [1.82, 2.24) is 5.32 Å². The number of amides is 1. The van der Waals surface area contributed by atoms with Crippen LogP contribution in [0.25, 0.3) is 10.8 Å². The molecule has 0 aromatic heterocycles. The van der Waals surface area contributed by atoms with Gasteiger partial charge in [0.15, 0.2) is 0 Å².